The van der Waals surface area contributed by atoms with Crippen molar-refractivity contribution in [1.29, 1.82) is 0 Å². The lowest BCUT2D eigenvalue weighted by Crippen LogP contribution is -2.29. The van der Waals surface area contributed by atoms with E-state index in [4.69, 9.17) is 33.7 Å². The molecular weight excluding hydrogens is 289 g/mol. The van der Waals surface area contributed by atoms with Crippen molar-refractivity contribution in [2.24, 2.45) is 5.73 Å². The summed E-state index contributed by atoms with van der Waals surface area (Å²) in [5, 5.41) is 0. The SMILES string of the molecule is NC(c1cc(Cl)sc1Cl)C1Cc2ccccc2O1. The first-order valence-corrected chi connectivity index (χ1v) is 7.17. The Labute approximate surface area is 119 Å². The van der Waals surface area contributed by atoms with E-state index in [9.17, 15) is 0 Å². The fourth-order valence-corrected chi connectivity index (χ4v) is 3.76. The molecule has 0 bridgehead atoms. The van der Waals surface area contributed by atoms with Gasteiger partial charge in [0.2, 0.25) is 0 Å². The molecule has 18 heavy (non-hydrogen) atoms. The highest BCUT2D eigenvalue weighted by atomic mass is 35.5. The second-order valence-corrected chi connectivity index (χ2v) is 6.56. The molecule has 1 aromatic carbocycles. The number of para-hydroxylation sites is 1. The second-order valence-electron chi connectivity index (χ2n) is 4.27. The molecule has 2 unspecified atom stereocenters. The van der Waals surface area contributed by atoms with Crippen molar-refractivity contribution < 1.29 is 4.74 Å². The summed E-state index contributed by atoms with van der Waals surface area (Å²) >= 11 is 13.4. The molecule has 2 atom stereocenters. The van der Waals surface area contributed by atoms with Gasteiger partial charge in [0.25, 0.3) is 0 Å². The number of halogens is 2. The Morgan fingerprint density at radius 1 is 1.33 bits per heavy atom. The lowest BCUT2D eigenvalue weighted by molar-refractivity contribution is 0.200. The van der Waals surface area contributed by atoms with Crippen LogP contribution in [0.1, 0.15) is 17.2 Å². The Morgan fingerprint density at radius 2 is 2.11 bits per heavy atom. The summed E-state index contributed by atoms with van der Waals surface area (Å²) in [5.74, 6) is 0.912. The van der Waals surface area contributed by atoms with Gasteiger partial charge in [-0.05, 0) is 17.7 Å². The predicted molar refractivity (Wildman–Crippen MR) is 75.8 cm³/mol. The molecule has 1 aliphatic heterocycles. The number of fused-ring (bicyclic) bond motifs is 1. The molecule has 0 saturated heterocycles. The van der Waals surface area contributed by atoms with Gasteiger partial charge >= 0.3 is 0 Å². The third-order valence-corrected chi connectivity index (χ3v) is 4.63. The number of rotatable bonds is 2. The van der Waals surface area contributed by atoms with E-state index in [1.807, 2.05) is 24.3 Å². The van der Waals surface area contributed by atoms with Crippen LogP contribution in [0.15, 0.2) is 30.3 Å². The van der Waals surface area contributed by atoms with E-state index in [1.165, 1.54) is 16.9 Å². The monoisotopic (exact) mass is 299 g/mol. The van der Waals surface area contributed by atoms with Crippen LogP contribution in [-0.4, -0.2) is 6.10 Å². The average molecular weight is 300 g/mol. The van der Waals surface area contributed by atoms with Gasteiger partial charge in [-0.3, -0.25) is 0 Å². The largest absolute Gasteiger partial charge is 0.488 e. The number of hydrogen-bond acceptors (Lipinski definition) is 3. The van der Waals surface area contributed by atoms with E-state index in [2.05, 4.69) is 6.07 Å². The number of hydrogen-bond donors (Lipinski definition) is 1. The van der Waals surface area contributed by atoms with Crippen LogP contribution in [0, 0.1) is 0 Å². The number of ether oxygens (including phenoxy) is 1. The van der Waals surface area contributed by atoms with Crippen molar-refractivity contribution in [3.05, 3.63) is 50.1 Å². The summed E-state index contributed by atoms with van der Waals surface area (Å²) in [6.45, 7) is 0. The summed E-state index contributed by atoms with van der Waals surface area (Å²) in [6, 6.07) is 9.56. The number of benzene rings is 1. The summed E-state index contributed by atoms with van der Waals surface area (Å²) in [7, 11) is 0. The standard InChI is InChI=1S/C13H11Cl2NOS/c14-11-6-8(13(15)18-11)12(16)10-5-7-3-1-2-4-9(7)17-10/h1-4,6,10,12H,5,16H2. The maximum Gasteiger partial charge on any atom is 0.123 e. The lowest BCUT2D eigenvalue weighted by Gasteiger charge is -2.18. The first kappa shape index (κ1) is 12.3. The minimum Gasteiger partial charge on any atom is -0.488 e. The summed E-state index contributed by atoms with van der Waals surface area (Å²) in [4.78, 5) is 0. The van der Waals surface area contributed by atoms with Crippen LogP contribution in [0.25, 0.3) is 0 Å². The molecule has 2 heterocycles. The first-order valence-electron chi connectivity index (χ1n) is 5.60. The van der Waals surface area contributed by atoms with Crippen LogP contribution < -0.4 is 10.5 Å². The Kier molecular flexibility index (Phi) is 3.24. The molecular formula is C13H11Cl2NOS. The first-order chi connectivity index (χ1) is 8.65. The zero-order valence-electron chi connectivity index (χ0n) is 9.40. The van der Waals surface area contributed by atoms with E-state index in [0.29, 0.717) is 8.67 Å². The van der Waals surface area contributed by atoms with E-state index >= 15 is 0 Å². The number of thiophene rings is 1. The van der Waals surface area contributed by atoms with Gasteiger partial charge in [-0.25, -0.2) is 0 Å². The Morgan fingerprint density at radius 3 is 2.78 bits per heavy atom. The van der Waals surface area contributed by atoms with Crippen LogP contribution in [0.4, 0.5) is 0 Å². The minimum atomic E-state index is -0.256. The smallest absolute Gasteiger partial charge is 0.123 e. The van der Waals surface area contributed by atoms with Crippen molar-refractivity contribution in [1.82, 2.24) is 0 Å². The maximum absolute atomic E-state index is 6.23. The van der Waals surface area contributed by atoms with E-state index in [1.54, 1.807) is 0 Å². The molecule has 0 fully saturated rings. The molecule has 2 nitrogen and oxygen atoms in total. The summed E-state index contributed by atoms with van der Waals surface area (Å²) in [6.07, 6.45) is 0.729. The average Bonchev–Trinajstić information content (AvgIpc) is 2.91. The summed E-state index contributed by atoms with van der Waals surface area (Å²) in [5.41, 5.74) is 8.29. The quantitative estimate of drug-likeness (QED) is 0.907. The van der Waals surface area contributed by atoms with Crippen molar-refractivity contribution in [2.75, 3.05) is 0 Å². The maximum atomic E-state index is 6.23. The van der Waals surface area contributed by atoms with Gasteiger partial charge in [0.05, 0.1) is 14.7 Å². The molecule has 0 amide bonds. The van der Waals surface area contributed by atoms with Gasteiger partial charge < -0.3 is 10.5 Å². The van der Waals surface area contributed by atoms with Gasteiger partial charge in [-0.2, -0.15) is 0 Å². The molecule has 1 aromatic heterocycles. The number of nitrogens with two attached hydrogens (primary N) is 1. The van der Waals surface area contributed by atoms with Gasteiger partial charge in [0, 0.05) is 12.0 Å². The van der Waals surface area contributed by atoms with E-state index in [0.717, 1.165) is 17.7 Å². The molecule has 5 heteroatoms. The van der Waals surface area contributed by atoms with Crippen molar-refractivity contribution >= 4 is 34.5 Å². The van der Waals surface area contributed by atoms with Gasteiger partial charge in [-0.15, -0.1) is 11.3 Å². The topological polar surface area (TPSA) is 35.2 Å². The van der Waals surface area contributed by atoms with E-state index < -0.39 is 0 Å². The Balaban J connectivity index is 1.84. The van der Waals surface area contributed by atoms with Gasteiger partial charge in [0.1, 0.15) is 11.9 Å². The van der Waals surface area contributed by atoms with Crippen molar-refractivity contribution in [3.8, 4) is 5.75 Å². The van der Waals surface area contributed by atoms with Gasteiger partial charge in [0.15, 0.2) is 0 Å². The lowest BCUT2D eigenvalue weighted by atomic mass is 10.0. The molecule has 0 saturated carbocycles. The third-order valence-electron chi connectivity index (χ3n) is 3.11. The highest BCUT2D eigenvalue weighted by Gasteiger charge is 2.30. The zero-order chi connectivity index (χ0) is 12.7. The van der Waals surface area contributed by atoms with Crippen LogP contribution >= 0.6 is 34.5 Å². The molecule has 0 spiro atoms. The van der Waals surface area contributed by atoms with Crippen LogP contribution in [0.5, 0.6) is 5.75 Å². The Bertz CT molecular complexity index is 559. The molecule has 2 N–H and O–H groups in total. The fraction of sp³-hybridized carbons (Fsp3) is 0.231. The van der Waals surface area contributed by atoms with Crippen LogP contribution in [-0.2, 0) is 6.42 Å². The molecule has 94 valence electrons. The molecule has 0 radical (unpaired) electrons. The molecule has 3 rings (SSSR count). The van der Waals surface area contributed by atoms with E-state index in [-0.39, 0.29) is 12.1 Å². The Hall–Kier alpha value is -0.740. The molecule has 2 aromatic rings. The molecule has 0 aliphatic carbocycles. The van der Waals surface area contributed by atoms with Crippen LogP contribution in [0.2, 0.25) is 8.67 Å². The van der Waals surface area contributed by atoms with Crippen molar-refractivity contribution in [3.63, 3.8) is 0 Å². The fourth-order valence-electron chi connectivity index (χ4n) is 2.19. The highest BCUT2D eigenvalue weighted by Crippen LogP contribution is 2.39. The highest BCUT2D eigenvalue weighted by molar-refractivity contribution is 7.20. The second kappa shape index (κ2) is 4.74. The third kappa shape index (κ3) is 2.12. The summed E-state index contributed by atoms with van der Waals surface area (Å²) < 4.78 is 7.16. The predicted octanol–water partition coefficient (Wildman–Crippen LogP) is 4.06. The van der Waals surface area contributed by atoms with Crippen molar-refractivity contribution in [2.45, 2.75) is 18.6 Å². The van der Waals surface area contributed by atoms with Crippen LogP contribution in [0.3, 0.4) is 0 Å². The van der Waals surface area contributed by atoms with Gasteiger partial charge in [-0.1, -0.05) is 41.4 Å². The minimum absolute atomic E-state index is 0.0782. The zero-order valence-corrected chi connectivity index (χ0v) is 11.7. The normalized spacial score (nSPS) is 19.4. The molecule has 1 aliphatic rings.